The van der Waals surface area contributed by atoms with E-state index in [0.717, 1.165) is 21.8 Å². The van der Waals surface area contributed by atoms with Crippen LogP contribution in [-0.2, 0) is 7.05 Å². The monoisotopic (exact) mass is 442 g/mol. The normalized spacial score (nSPS) is 11.0. The molecule has 0 spiro atoms. The van der Waals surface area contributed by atoms with Crippen LogP contribution in [0.4, 0.5) is 5.69 Å². The van der Waals surface area contributed by atoms with Crippen LogP contribution in [0.15, 0.2) is 67.0 Å². The van der Waals surface area contributed by atoms with Crippen LogP contribution in [0.2, 0.25) is 0 Å². The number of aryl methyl sites for hydroxylation is 1. The van der Waals surface area contributed by atoms with E-state index >= 15 is 0 Å². The number of benzene rings is 2. The maximum Gasteiger partial charge on any atom is 0.272 e. The molecule has 0 radical (unpaired) electrons. The molecule has 2 aromatic carbocycles. The average molecular weight is 442 g/mol. The number of rotatable bonds is 6. The number of nitrogens with zero attached hydrogens (tertiary/aromatic N) is 2. The highest BCUT2D eigenvalue weighted by molar-refractivity contribution is 6.07. The number of aromatic amines is 1. The van der Waals surface area contributed by atoms with Crippen LogP contribution >= 0.6 is 0 Å². The standard InChI is InChI=1S/C25H22N4O4/c1-29-20-11-16(31-2)12-23(32-3)18(20)13-21(29)25(30)28-15-7-8-24(27-14-15)33-22-6-4-5-19-17(22)9-10-26-19/h4-14,26H,1-3H3,(H,28,30). The van der Waals surface area contributed by atoms with Gasteiger partial charge in [-0.2, -0.15) is 0 Å². The highest BCUT2D eigenvalue weighted by atomic mass is 16.5. The summed E-state index contributed by atoms with van der Waals surface area (Å²) in [5.41, 5.74) is 2.86. The number of pyridine rings is 1. The number of carbonyl (C=O) groups excluding carboxylic acids is 1. The maximum absolute atomic E-state index is 13.0. The molecule has 3 heterocycles. The fraction of sp³-hybridized carbons (Fsp3) is 0.120. The van der Waals surface area contributed by atoms with E-state index in [-0.39, 0.29) is 5.91 Å². The van der Waals surface area contributed by atoms with Crippen molar-refractivity contribution in [2.45, 2.75) is 0 Å². The Bertz CT molecular complexity index is 1470. The third-order valence-electron chi connectivity index (χ3n) is 5.55. The largest absolute Gasteiger partial charge is 0.497 e. The molecule has 166 valence electrons. The molecule has 3 aromatic heterocycles. The summed E-state index contributed by atoms with van der Waals surface area (Å²) < 4.78 is 18.5. The first-order chi connectivity index (χ1) is 16.1. The van der Waals surface area contributed by atoms with Crippen LogP contribution in [0.25, 0.3) is 21.8 Å². The van der Waals surface area contributed by atoms with Gasteiger partial charge in [0.15, 0.2) is 0 Å². The lowest BCUT2D eigenvalue weighted by Gasteiger charge is -2.09. The number of fused-ring (bicyclic) bond motifs is 2. The van der Waals surface area contributed by atoms with Crippen LogP contribution in [0.3, 0.4) is 0 Å². The van der Waals surface area contributed by atoms with Crippen molar-refractivity contribution in [2.24, 2.45) is 7.05 Å². The highest BCUT2D eigenvalue weighted by Crippen LogP contribution is 2.33. The van der Waals surface area contributed by atoms with E-state index in [1.807, 2.05) is 43.6 Å². The van der Waals surface area contributed by atoms with E-state index in [4.69, 9.17) is 14.2 Å². The molecular weight excluding hydrogens is 420 g/mol. The predicted molar refractivity (Wildman–Crippen MR) is 127 cm³/mol. The smallest absolute Gasteiger partial charge is 0.272 e. The lowest BCUT2D eigenvalue weighted by atomic mass is 10.2. The van der Waals surface area contributed by atoms with Crippen molar-refractivity contribution in [3.63, 3.8) is 0 Å². The first-order valence-corrected chi connectivity index (χ1v) is 10.3. The second-order valence-electron chi connectivity index (χ2n) is 7.49. The molecule has 5 rings (SSSR count). The minimum Gasteiger partial charge on any atom is -0.497 e. The maximum atomic E-state index is 13.0. The van der Waals surface area contributed by atoms with Crippen molar-refractivity contribution in [1.82, 2.24) is 14.5 Å². The van der Waals surface area contributed by atoms with E-state index in [0.29, 0.717) is 34.5 Å². The number of ether oxygens (including phenoxy) is 3. The van der Waals surface area contributed by atoms with Crippen LogP contribution in [-0.4, -0.2) is 34.7 Å². The van der Waals surface area contributed by atoms with Crippen molar-refractivity contribution in [1.29, 1.82) is 0 Å². The molecule has 8 nitrogen and oxygen atoms in total. The molecule has 0 aliphatic rings. The highest BCUT2D eigenvalue weighted by Gasteiger charge is 2.17. The number of hydrogen-bond donors (Lipinski definition) is 2. The molecule has 0 bridgehead atoms. The Hall–Kier alpha value is -4.46. The molecule has 0 saturated heterocycles. The number of methoxy groups -OCH3 is 2. The summed E-state index contributed by atoms with van der Waals surface area (Å²) in [6, 6.07) is 16.7. The van der Waals surface area contributed by atoms with E-state index in [1.54, 1.807) is 49.2 Å². The predicted octanol–water partition coefficient (Wildman–Crippen LogP) is 5.12. The summed E-state index contributed by atoms with van der Waals surface area (Å²) in [6.07, 6.45) is 3.43. The molecule has 0 unspecified atom stereocenters. The first-order valence-electron chi connectivity index (χ1n) is 10.3. The summed E-state index contributed by atoms with van der Waals surface area (Å²) in [5.74, 6) is 2.17. The second kappa shape index (κ2) is 8.23. The average Bonchev–Trinajstić information content (AvgIpc) is 3.45. The Morgan fingerprint density at radius 2 is 1.88 bits per heavy atom. The van der Waals surface area contributed by atoms with Gasteiger partial charge in [0.2, 0.25) is 5.88 Å². The van der Waals surface area contributed by atoms with E-state index in [1.165, 1.54) is 0 Å². The van der Waals surface area contributed by atoms with Gasteiger partial charge in [-0.15, -0.1) is 0 Å². The van der Waals surface area contributed by atoms with Crippen LogP contribution in [0.5, 0.6) is 23.1 Å². The molecule has 1 amide bonds. The van der Waals surface area contributed by atoms with Gasteiger partial charge in [-0.05, 0) is 30.3 Å². The van der Waals surface area contributed by atoms with Crippen molar-refractivity contribution in [2.75, 3.05) is 19.5 Å². The van der Waals surface area contributed by atoms with Gasteiger partial charge in [-0.25, -0.2) is 4.98 Å². The van der Waals surface area contributed by atoms with Gasteiger partial charge in [0.25, 0.3) is 5.91 Å². The SMILES string of the molecule is COc1cc(OC)c2cc(C(=O)Nc3ccc(Oc4cccc5[nH]ccc45)nc3)n(C)c2c1. The summed E-state index contributed by atoms with van der Waals surface area (Å²) in [7, 11) is 5.01. The summed E-state index contributed by atoms with van der Waals surface area (Å²) >= 11 is 0. The Morgan fingerprint density at radius 1 is 1.00 bits per heavy atom. The Kier molecular flexibility index (Phi) is 5.10. The third kappa shape index (κ3) is 3.71. The number of carbonyl (C=O) groups is 1. The van der Waals surface area contributed by atoms with Gasteiger partial charge in [0.1, 0.15) is 22.9 Å². The molecule has 0 aliphatic heterocycles. The van der Waals surface area contributed by atoms with Crippen LogP contribution < -0.4 is 19.5 Å². The van der Waals surface area contributed by atoms with Gasteiger partial charge in [0.05, 0.1) is 31.6 Å². The fourth-order valence-electron chi connectivity index (χ4n) is 3.85. The summed E-state index contributed by atoms with van der Waals surface area (Å²) in [6.45, 7) is 0. The minimum absolute atomic E-state index is 0.262. The quantitative estimate of drug-likeness (QED) is 0.381. The van der Waals surface area contributed by atoms with Crippen LogP contribution in [0.1, 0.15) is 10.5 Å². The molecule has 5 aromatic rings. The van der Waals surface area contributed by atoms with E-state index < -0.39 is 0 Å². The number of H-pyrrole nitrogens is 1. The van der Waals surface area contributed by atoms with Gasteiger partial charge in [0, 0.05) is 47.7 Å². The Morgan fingerprint density at radius 3 is 2.64 bits per heavy atom. The zero-order chi connectivity index (χ0) is 22.9. The number of aromatic nitrogens is 3. The zero-order valence-electron chi connectivity index (χ0n) is 18.4. The van der Waals surface area contributed by atoms with E-state index in [2.05, 4.69) is 15.3 Å². The lowest BCUT2D eigenvalue weighted by Crippen LogP contribution is -2.15. The number of nitrogens with one attached hydrogen (secondary N) is 2. The molecule has 0 fully saturated rings. The van der Waals surface area contributed by atoms with Crippen molar-refractivity contribution in [3.05, 3.63) is 72.7 Å². The van der Waals surface area contributed by atoms with Gasteiger partial charge < -0.3 is 29.1 Å². The molecule has 0 saturated carbocycles. The Labute approximate surface area is 189 Å². The minimum atomic E-state index is -0.262. The molecule has 8 heteroatoms. The topological polar surface area (TPSA) is 90.4 Å². The lowest BCUT2D eigenvalue weighted by molar-refractivity contribution is 0.101. The van der Waals surface area contributed by atoms with Crippen molar-refractivity contribution in [3.8, 4) is 23.1 Å². The molecule has 0 aliphatic carbocycles. The second-order valence-corrected chi connectivity index (χ2v) is 7.49. The number of amides is 1. The molecule has 2 N–H and O–H groups in total. The number of anilines is 1. The van der Waals surface area contributed by atoms with Crippen molar-refractivity contribution >= 4 is 33.4 Å². The Balaban J connectivity index is 1.36. The van der Waals surface area contributed by atoms with Gasteiger partial charge >= 0.3 is 0 Å². The summed E-state index contributed by atoms with van der Waals surface area (Å²) in [5, 5.41) is 4.69. The molecule has 0 atom stereocenters. The van der Waals surface area contributed by atoms with Crippen LogP contribution in [0, 0.1) is 0 Å². The van der Waals surface area contributed by atoms with Gasteiger partial charge in [-0.1, -0.05) is 6.07 Å². The molecular formula is C25H22N4O4. The number of hydrogen-bond acceptors (Lipinski definition) is 5. The molecule has 33 heavy (non-hydrogen) atoms. The third-order valence-corrected chi connectivity index (χ3v) is 5.55. The van der Waals surface area contributed by atoms with Crippen molar-refractivity contribution < 1.29 is 19.0 Å². The first kappa shape index (κ1) is 20.4. The zero-order valence-corrected chi connectivity index (χ0v) is 18.4. The fourth-order valence-corrected chi connectivity index (χ4v) is 3.85. The van der Waals surface area contributed by atoms with E-state index in [9.17, 15) is 4.79 Å². The summed E-state index contributed by atoms with van der Waals surface area (Å²) in [4.78, 5) is 20.5. The van der Waals surface area contributed by atoms with Gasteiger partial charge in [-0.3, -0.25) is 4.79 Å².